The van der Waals surface area contributed by atoms with Crippen LogP contribution in [0.25, 0.3) is 28.1 Å². The number of imidazole rings is 1. The van der Waals surface area contributed by atoms with Gasteiger partial charge in [0.2, 0.25) is 5.95 Å². The Kier molecular flexibility index (Phi) is 6.50. The van der Waals surface area contributed by atoms with Crippen LogP contribution in [-0.2, 0) is 6.42 Å². The van der Waals surface area contributed by atoms with Gasteiger partial charge < -0.3 is 5.32 Å². The van der Waals surface area contributed by atoms with Crippen LogP contribution in [0.5, 0.6) is 0 Å². The van der Waals surface area contributed by atoms with Crippen molar-refractivity contribution in [1.82, 2.24) is 29.5 Å². The summed E-state index contributed by atoms with van der Waals surface area (Å²) in [4.78, 5) is 23.0. The molecule has 3 heterocycles. The fourth-order valence-corrected chi connectivity index (χ4v) is 4.60. The van der Waals surface area contributed by atoms with E-state index in [1.165, 1.54) is 5.56 Å². The first-order chi connectivity index (χ1) is 18.6. The van der Waals surface area contributed by atoms with Crippen LogP contribution in [0.4, 0.5) is 5.95 Å². The molecule has 0 fully saturated rings. The lowest BCUT2D eigenvalue weighted by Crippen LogP contribution is -2.10. The lowest BCUT2D eigenvalue weighted by Gasteiger charge is -2.14. The zero-order valence-electron chi connectivity index (χ0n) is 20.7. The zero-order chi connectivity index (χ0) is 25.9. The molecule has 7 nitrogen and oxygen atoms in total. The number of nitrogens with zero attached hydrogens (tertiary/aromatic N) is 6. The standard InChI is InChI=1S/C30H24ClN7/c1-20(22-10-6-3-7-11-22)34-30-32-15-14-29(37-30)38-19-33-25-17-23(12-13-26(25)38)24-18-27(31)36-28(35-24)16-21-8-4-2-5-9-21/h2-15,17-20H,16H2,1H3,(H,32,34,37)/t20-/m0/s1. The van der Waals surface area contributed by atoms with Gasteiger partial charge in [-0.1, -0.05) is 78.3 Å². The Morgan fingerprint density at radius 3 is 2.45 bits per heavy atom. The molecule has 0 saturated heterocycles. The van der Waals surface area contributed by atoms with E-state index in [1.807, 2.05) is 65.2 Å². The molecule has 0 spiro atoms. The fraction of sp³-hybridized carbons (Fsp3) is 0.100. The van der Waals surface area contributed by atoms with Crippen molar-refractivity contribution >= 4 is 28.6 Å². The Morgan fingerprint density at radius 2 is 1.63 bits per heavy atom. The van der Waals surface area contributed by atoms with E-state index in [9.17, 15) is 0 Å². The maximum absolute atomic E-state index is 6.37. The smallest absolute Gasteiger partial charge is 0.225 e. The molecule has 6 rings (SSSR count). The Labute approximate surface area is 225 Å². The van der Waals surface area contributed by atoms with Crippen molar-refractivity contribution in [2.75, 3.05) is 5.32 Å². The van der Waals surface area contributed by atoms with Crippen molar-refractivity contribution in [3.63, 3.8) is 0 Å². The molecule has 0 unspecified atom stereocenters. The average Bonchev–Trinajstić information content (AvgIpc) is 3.37. The van der Waals surface area contributed by atoms with Crippen LogP contribution >= 0.6 is 11.6 Å². The molecule has 3 aromatic heterocycles. The van der Waals surface area contributed by atoms with E-state index >= 15 is 0 Å². The van der Waals surface area contributed by atoms with E-state index in [2.05, 4.69) is 51.5 Å². The molecule has 6 aromatic rings. The van der Waals surface area contributed by atoms with E-state index in [4.69, 9.17) is 21.6 Å². The Morgan fingerprint density at radius 1 is 0.842 bits per heavy atom. The fourth-order valence-electron chi connectivity index (χ4n) is 4.40. The second-order valence-electron chi connectivity index (χ2n) is 8.99. The largest absolute Gasteiger partial charge is 0.348 e. The number of nitrogens with one attached hydrogen (secondary N) is 1. The minimum absolute atomic E-state index is 0.0695. The van der Waals surface area contributed by atoms with E-state index in [0.717, 1.165) is 33.7 Å². The molecule has 1 atom stereocenters. The monoisotopic (exact) mass is 517 g/mol. The minimum atomic E-state index is 0.0695. The van der Waals surface area contributed by atoms with Crippen molar-refractivity contribution in [3.8, 4) is 17.1 Å². The zero-order valence-corrected chi connectivity index (χ0v) is 21.4. The van der Waals surface area contributed by atoms with Crippen molar-refractivity contribution in [2.45, 2.75) is 19.4 Å². The molecule has 38 heavy (non-hydrogen) atoms. The van der Waals surface area contributed by atoms with Crippen LogP contribution in [-0.4, -0.2) is 29.5 Å². The van der Waals surface area contributed by atoms with Gasteiger partial charge in [-0.15, -0.1) is 0 Å². The van der Waals surface area contributed by atoms with Crippen LogP contribution in [0.15, 0.2) is 104 Å². The summed E-state index contributed by atoms with van der Waals surface area (Å²) in [5.41, 5.74) is 5.73. The summed E-state index contributed by atoms with van der Waals surface area (Å²) in [5.74, 6) is 1.96. The molecule has 0 saturated carbocycles. The second-order valence-corrected chi connectivity index (χ2v) is 9.37. The van der Waals surface area contributed by atoms with Gasteiger partial charge in [0.1, 0.15) is 23.1 Å². The maximum Gasteiger partial charge on any atom is 0.225 e. The summed E-state index contributed by atoms with van der Waals surface area (Å²) in [6.07, 6.45) is 4.13. The number of hydrogen-bond acceptors (Lipinski definition) is 6. The molecular formula is C30H24ClN7. The highest BCUT2D eigenvalue weighted by Gasteiger charge is 2.12. The summed E-state index contributed by atoms with van der Waals surface area (Å²) >= 11 is 6.37. The van der Waals surface area contributed by atoms with Crippen LogP contribution < -0.4 is 5.32 Å². The van der Waals surface area contributed by atoms with Crippen molar-refractivity contribution in [3.05, 3.63) is 126 Å². The van der Waals surface area contributed by atoms with Gasteiger partial charge in [0.25, 0.3) is 0 Å². The first-order valence-electron chi connectivity index (χ1n) is 12.3. The summed E-state index contributed by atoms with van der Waals surface area (Å²) in [7, 11) is 0. The highest BCUT2D eigenvalue weighted by atomic mass is 35.5. The van der Waals surface area contributed by atoms with Gasteiger partial charge in [-0.25, -0.2) is 19.9 Å². The van der Waals surface area contributed by atoms with E-state index < -0.39 is 0 Å². The molecule has 1 N–H and O–H groups in total. The van der Waals surface area contributed by atoms with Gasteiger partial charge in [0.15, 0.2) is 0 Å². The molecule has 8 heteroatoms. The predicted molar refractivity (Wildman–Crippen MR) is 150 cm³/mol. The molecule has 186 valence electrons. The lowest BCUT2D eigenvalue weighted by atomic mass is 10.1. The summed E-state index contributed by atoms with van der Waals surface area (Å²) in [6.45, 7) is 2.09. The Hall–Kier alpha value is -4.62. The third-order valence-electron chi connectivity index (χ3n) is 6.32. The molecule has 0 aliphatic rings. The Balaban J connectivity index is 1.27. The van der Waals surface area contributed by atoms with Crippen LogP contribution in [0.3, 0.4) is 0 Å². The van der Waals surface area contributed by atoms with Gasteiger partial charge in [0, 0.05) is 24.2 Å². The summed E-state index contributed by atoms with van der Waals surface area (Å²) in [5, 5.41) is 3.80. The number of hydrogen-bond donors (Lipinski definition) is 1. The van der Waals surface area contributed by atoms with Gasteiger partial charge >= 0.3 is 0 Å². The summed E-state index contributed by atoms with van der Waals surface area (Å²) in [6, 6.07) is 30.1. The van der Waals surface area contributed by atoms with E-state index in [-0.39, 0.29) is 6.04 Å². The Bertz CT molecular complexity index is 1700. The molecule has 0 aliphatic carbocycles. The quantitative estimate of drug-likeness (QED) is 0.237. The van der Waals surface area contributed by atoms with Crippen molar-refractivity contribution in [2.24, 2.45) is 0 Å². The number of anilines is 1. The molecule has 0 radical (unpaired) electrons. The SMILES string of the molecule is C[C@H](Nc1nccc(-n2cnc3cc(-c4cc(Cl)nc(Cc5ccccc5)n4)ccc32)n1)c1ccccc1. The lowest BCUT2D eigenvalue weighted by molar-refractivity contribution is 0.854. The van der Waals surface area contributed by atoms with Gasteiger partial charge in [-0.3, -0.25) is 4.57 Å². The number of rotatable bonds is 7. The molecule has 0 aliphatic heterocycles. The molecular weight excluding hydrogens is 494 g/mol. The number of benzene rings is 3. The van der Waals surface area contributed by atoms with Crippen molar-refractivity contribution in [1.29, 1.82) is 0 Å². The topological polar surface area (TPSA) is 81.4 Å². The van der Waals surface area contributed by atoms with Crippen LogP contribution in [0.2, 0.25) is 5.15 Å². The van der Waals surface area contributed by atoms with E-state index in [1.54, 1.807) is 18.6 Å². The number of aromatic nitrogens is 6. The van der Waals surface area contributed by atoms with Gasteiger partial charge in [0.05, 0.1) is 22.8 Å². The van der Waals surface area contributed by atoms with Crippen LogP contribution in [0, 0.1) is 0 Å². The molecule has 0 amide bonds. The normalized spacial score (nSPS) is 11.9. The third kappa shape index (κ3) is 5.10. The number of fused-ring (bicyclic) bond motifs is 1. The molecule has 3 aromatic carbocycles. The van der Waals surface area contributed by atoms with E-state index in [0.29, 0.717) is 23.3 Å². The average molecular weight is 518 g/mol. The van der Waals surface area contributed by atoms with Gasteiger partial charge in [-0.05, 0) is 36.2 Å². The highest BCUT2D eigenvalue weighted by Crippen LogP contribution is 2.26. The minimum Gasteiger partial charge on any atom is -0.348 e. The number of halogens is 1. The van der Waals surface area contributed by atoms with Crippen LogP contribution in [0.1, 0.15) is 29.9 Å². The van der Waals surface area contributed by atoms with Gasteiger partial charge in [-0.2, -0.15) is 4.98 Å². The highest BCUT2D eigenvalue weighted by molar-refractivity contribution is 6.29. The molecule has 0 bridgehead atoms. The van der Waals surface area contributed by atoms with Crippen molar-refractivity contribution < 1.29 is 0 Å². The first-order valence-corrected chi connectivity index (χ1v) is 12.7. The second kappa shape index (κ2) is 10.4. The first kappa shape index (κ1) is 23.8. The third-order valence-corrected chi connectivity index (χ3v) is 6.52. The summed E-state index contributed by atoms with van der Waals surface area (Å²) < 4.78 is 1.95. The predicted octanol–water partition coefficient (Wildman–Crippen LogP) is 6.69. The maximum atomic E-state index is 6.37.